The second kappa shape index (κ2) is 4.49. The molecule has 1 unspecified atom stereocenters. The summed E-state index contributed by atoms with van der Waals surface area (Å²) < 4.78 is 2.04. The predicted octanol–water partition coefficient (Wildman–Crippen LogP) is 1.58. The van der Waals surface area contributed by atoms with Crippen molar-refractivity contribution in [2.75, 3.05) is 5.32 Å². The van der Waals surface area contributed by atoms with Gasteiger partial charge in [-0.15, -0.1) is 0 Å². The molecule has 0 radical (unpaired) electrons. The summed E-state index contributed by atoms with van der Waals surface area (Å²) in [5.74, 6) is 0.770. The van der Waals surface area contributed by atoms with E-state index >= 15 is 0 Å². The molecule has 1 aliphatic rings. The SMILES string of the molecule is N#Cc1cccc(NC2CCn3nccc3C2)n1. The van der Waals surface area contributed by atoms with Gasteiger partial charge in [-0.05, 0) is 24.6 Å². The van der Waals surface area contributed by atoms with Crippen LogP contribution in [0.25, 0.3) is 0 Å². The molecule has 5 heteroatoms. The van der Waals surface area contributed by atoms with Crippen molar-refractivity contribution in [2.45, 2.75) is 25.4 Å². The van der Waals surface area contributed by atoms with E-state index in [2.05, 4.69) is 21.5 Å². The molecule has 0 bridgehead atoms. The summed E-state index contributed by atoms with van der Waals surface area (Å²) >= 11 is 0. The molecule has 1 atom stereocenters. The molecule has 0 aromatic carbocycles. The van der Waals surface area contributed by atoms with Gasteiger partial charge in [0.05, 0.1) is 0 Å². The Balaban J connectivity index is 1.73. The molecule has 0 aliphatic carbocycles. The van der Waals surface area contributed by atoms with Gasteiger partial charge < -0.3 is 5.32 Å². The number of aryl methyl sites for hydroxylation is 1. The number of fused-ring (bicyclic) bond motifs is 1. The molecule has 3 heterocycles. The van der Waals surface area contributed by atoms with Crippen LogP contribution in [-0.2, 0) is 13.0 Å². The molecular weight excluding hydrogens is 226 g/mol. The summed E-state index contributed by atoms with van der Waals surface area (Å²) in [6.45, 7) is 0.929. The summed E-state index contributed by atoms with van der Waals surface area (Å²) in [4.78, 5) is 4.23. The smallest absolute Gasteiger partial charge is 0.142 e. The summed E-state index contributed by atoms with van der Waals surface area (Å²) in [5, 5.41) is 16.5. The third-order valence-electron chi connectivity index (χ3n) is 3.17. The Kier molecular flexibility index (Phi) is 2.69. The summed E-state index contributed by atoms with van der Waals surface area (Å²) in [7, 11) is 0. The van der Waals surface area contributed by atoms with Crippen molar-refractivity contribution in [3.8, 4) is 6.07 Å². The number of hydrogen-bond donors (Lipinski definition) is 1. The van der Waals surface area contributed by atoms with Crippen LogP contribution >= 0.6 is 0 Å². The lowest BCUT2D eigenvalue weighted by Crippen LogP contribution is -2.30. The molecule has 1 N–H and O–H groups in total. The van der Waals surface area contributed by atoms with Crippen molar-refractivity contribution in [1.82, 2.24) is 14.8 Å². The first-order chi connectivity index (χ1) is 8.85. The predicted molar refractivity (Wildman–Crippen MR) is 66.9 cm³/mol. The van der Waals surface area contributed by atoms with Crippen LogP contribution in [0.5, 0.6) is 0 Å². The van der Waals surface area contributed by atoms with Crippen LogP contribution in [0.4, 0.5) is 5.82 Å². The molecule has 2 aromatic heterocycles. The van der Waals surface area contributed by atoms with Crippen LogP contribution in [0.2, 0.25) is 0 Å². The standard InChI is InChI=1S/C13H13N5/c14-9-11-2-1-3-13(17-11)16-10-5-7-18-12(8-10)4-6-15-18/h1-4,6,10H,5,7-8H2,(H,16,17). The number of anilines is 1. The van der Waals surface area contributed by atoms with Crippen molar-refractivity contribution >= 4 is 5.82 Å². The quantitative estimate of drug-likeness (QED) is 0.864. The highest BCUT2D eigenvalue weighted by molar-refractivity contribution is 5.39. The van der Waals surface area contributed by atoms with Gasteiger partial charge in [-0.2, -0.15) is 10.4 Å². The van der Waals surface area contributed by atoms with Crippen LogP contribution in [0.15, 0.2) is 30.5 Å². The van der Waals surface area contributed by atoms with E-state index in [0.29, 0.717) is 11.7 Å². The molecule has 90 valence electrons. The van der Waals surface area contributed by atoms with E-state index in [1.54, 1.807) is 6.07 Å². The maximum absolute atomic E-state index is 8.82. The van der Waals surface area contributed by atoms with E-state index in [4.69, 9.17) is 5.26 Å². The van der Waals surface area contributed by atoms with E-state index in [-0.39, 0.29) is 0 Å². The first-order valence-electron chi connectivity index (χ1n) is 5.99. The Morgan fingerprint density at radius 1 is 1.39 bits per heavy atom. The number of nitriles is 1. The lowest BCUT2D eigenvalue weighted by atomic mass is 10.0. The van der Waals surface area contributed by atoms with E-state index in [1.807, 2.05) is 29.1 Å². The minimum atomic E-state index is 0.357. The fourth-order valence-corrected chi connectivity index (χ4v) is 2.28. The topological polar surface area (TPSA) is 66.5 Å². The highest BCUT2D eigenvalue weighted by atomic mass is 15.3. The van der Waals surface area contributed by atoms with Crippen LogP contribution in [-0.4, -0.2) is 20.8 Å². The Labute approximate surface area is 105 Å². The summed E-state index contributed by atoms with van der Waals surface area (Å²) in [5.41, 5.74) is 1.69. The highest BCUT2D eigenvalue weighted by Crippen LogP contribution is 2.17. The number of nitrogens with one attached hydrogen (secondary N) is 1. The van der Waals surface area contributed by atoms with Crippen LogP contribution in [0.3, 0.4) is 0 Å². The van der Waals surface area contributed by atoms with Gasteiger partial charge in [-0.1, -0.05) is 6.07 Å². The first-order valence-corrected chi connectivity index (χ1v) is 5.99. The molecule has 18 heavy (non-hydrogen) atoms. The fourth-order valence-electron chi connectivity index (χ4n) is 2.28. The summed E-state index contributed by atoms with van der Waals surface area (Å²) in [6, 6.07) is 9.91. The highest BCUT2D eigenvalue weighted by Gasteiger charge is 2.18. The van der Waals surface area contributed by atoms with Crippen molar-refractivity contribution in [3.05, 3.63) is 41.9 Å². The van der Waals surface area contributed by atoms with Crippen molar-refractivity contribution in [2.24, 2.45) is 0 Å². The maximum Gasteiger partial charge on any atom is 0.142 e. The zero-order chi connectivity index (χ0) is 12.4. The van der Waals surface area contributed by atoms with Crippen LogP contribution in [0, 0.1) is 11.3 Å². The average Bonchev–Trinajstić information content (AvgIpc) is 2.86. The lowest BCUT2D eigenvalue weighted by Gasteiger charge is -2.24. The molecule has 0 fully saturated rings. The Bertz CT molecular complexity index is 595. The molecule has 0 saturated heterocycles. The summed E-state index contributed by atoms with van der Waals surface area (Å²) in [6.07, 6.45) is 3.80. The Morgan fingerprint density at radius 3 is 3.22 bits per heavy atom. The minimum absolute atomic E-state index is 0.357. The molecule has 0 spiro atoms. The van der Waals surface area contributed by atoms with Crippen LogP contribution in [0.1, 0.15) is 17.8 Å². The fraction of sp³-hybridized carbons (Fsp3) is 0.308. The molecular formula is C13H13N5. The number of hydrogen-bond acceptors (Lipinski definition) is 4. The third kappa shape index (κ3) is 2.05. The maximum atomic E-state index is 8.82. The van der Waals surface area contributed by atoms with Gasteiger partial charge in [0.25, 0.3) is 0 Å². The zero-order valence-electron chi connectivity index (χ0n) is 9.87. The zero-order valence-corrected chi connectivity index (χ0v) is 9.87. The van der Waals surface area contributed by atoms with E-state index in [0.717, 1.165) is 25.2 Å². The van der Waals surface area contributed by atoms with E-state index in [9.17, 15) is 0 Å². The Morgan fingerprint density at radius 2 is 2.33 bits per heavy atom. The number of rotatable bonds is 2. The Hall–Kier alpha value is -2.35. The second-order valence-corrected chi connectivity index (χ2v) is 4.40. The van der Waals surface area contributed by atoms with Gasteiger partial charge in [0, 0.05) is 30.9 Å². The van der Waals surface area contributed by atoms with Crippen molar-refractivity contribution in [3.63, 3.8) is 0 Å². The van der Waals surface area contributed by atoms with Crippen LogP contribution < -0.4 is 5.32 Å². The first kappa shape index (κ1) is 10.8. The minimum Gasteiger partial charge on any atom is -0.367 e. The van der Waals surface area contributed by atoms with Gasteiger partial charge in [0.1, 0.15) is 17.6 Å². The molecule has 0 saturated carbocycles. The van der Waals surface area contributed by atoms with Gasteiger partial charge >= 0.3 is 0 Å². The average molecular weight is 239 g/mol. The van der Waals surface area contributed by atoms with Gasteiger partial charge in [-0.25, -0.2) is 4.98 Å². The largest absolute Gasteiger partial charge is 0.367 e. The van der Waals surface area contributed by atoms with Gasteiger partial charge in [0.15, 0.2) is 0 Å². The number of aromatic nitrogens is 3. The lowest BCUT2D eigenvalue weighted by molar-refractivity contribution is 0.455. The monoisotopic (exact) mass is 239 g/mol. The molecule has 0 amide bonds. The molecule has 1 aliphatic heterocycles. The van der Waals surface area contributed by atoms with Crippen molar-refractivity contribution in [1.29, 1.82) is 5.26 Å². The molecule has 5 nitrogen and oxygen atoms in total. The normalized spacial score (nSPS) is 17.8. The second-order valence-electron chi connectivity index (χ2n) is 4.40. The number of nitrogens with zero attached hydrogens (tertiary/aromatic N) is 4. The third-order valence-corrected chi connectivity index (χ3v) is 3.17. The van der Waals surface area contributed by atoms with Crippen molar-refractivity contribution < 1.29 is 0 Å². The number of pyridine rings is 1. The van der Waals surface area contributed by atoms with E-state index < -0.39 is 0 Å². The molecule has 3 rings (SSSR count). The van der Waals surface area contributed by atoms with Gasteiger partial charge in [0.2, 0.25) is 0 Å². The molecule has 2 aromatic rings. The van der Waals surface area contributed by atoms with Gasteiger partial charge in [-0.3, -0.25) is 4.68 Å². The van der Waals surface area contributed by atoms with E-state index in [1.165, 1.54) is 5.69 Å².